The Morgan fingerprint density at radius 2 is 1.93 bits per heavy atom. The molecule has 0 aliphatic heterocycles. The zero-order valence-electron chi connectivity index (χ0n) is 8.94. The lowest BCUT2D eigenvalue weighted by molar-refractivity contribution is 0.331. The minimum absolute atomic E-state index is 0.437. The van der Waals surface area contributed by atoms with E-state index in [0.29, 0.717) is 30.8 Å². The Balaban J connectivity index is 2.64. The van der Waals surface area contributed by atoms with E-state index in [1.165, 1.54) is 4.88 Å². The Labute approximate surface area is 90.3 Å². The second kappa shape index (κ2) is 5.49. The standard InChI is InChI=1S/C11H20N2S/c1-8(10(6-12)7-13)9(2)11-4-3-5-14-11/h3-5,8-10H,6-7,12-13H2,1-2H3. The maximum Gasteiger partial charge on any atom is 0.00762 e. The predicted octanol–water partition coefficient (Wildman–Crippen LogP) is 2.02. The van der Waals surface area contributed by atoms with E-state index in [4.69, 9.17) is 11.5 Å². The topological polar surface area (TPSA) is 52.0 Å². The van der Waals surface area contributed by atoms with Crippen LogP contribution in [0.1, 0.15) is 24.6 Å². The molecule has 4 N–H and O–H groups in total. The summed E-state index contributed by atoms with van der Waals surface area (Å²) in [6.07, 6.45) is 0. The average Bonchev–Trinajstić information content (AvgIpc) is 2.71. The Morgan fingerprint density at radius 1 is 1.29 bits per heavy atom. The molecular weight excluding hydrogens is 192 g/mol. The first-order valence-corrected chi connectivity index (χ1v) is 6.02. The van der Waals surface area contributed by atoms with E-state index in [0.717, 1.165) is 0 Å². The second-order valence-electron chi connectivity index (χ2n) is 3.89. The summed E-state index contributed by atoms with van der Waals surface area (Å²) in [5, 5.41) is 2.12. The molecule has 0 fully saturated rings. The van der Waals surface area contributed by atoms with Crippen molar-refractivity contribution in [1.29, 1.82) is 0 Å². The molecule has 1 aromatic heterocycles. The molecule has 2 unspecified atom stereocenters. The number of hydrogen-bond donors (Lipinski definition) is 2. The van der Waals surface area contributed by atoms with Crippen LogP contribution in [-0.4, -0.2) is 13.1 Å². The third kappa shape index (κ3) is 2.56. The minimum atomic E-state index is 0.437. The van der Waals surface area contributed by atoms with Crippen LogP contribution in [0.25, 0.3) is 0 Å². The Morgan fingerprint density at radius 3 is 2.36 bits per heavy atom. The Hall–Kier alpha value is -0.380. The van der Waals surface area contributed by atoms with Crippen molar-refractivity contribution in [2.24, 2.45) is 23.3 Å². The van der Waals surface area contributed by atoms with Gasteiger partial charge in [-0.2, -0.15) is 0 Å². The highest BCUT2D eigenvalue weighted by atomic mass is 32.1. The van der Waals surface area contributed by atoms with Gasteiger partial charge in [0.1, 0.15) is 0 Å². The maximum atomic E-state index is 5.70. The van der Waals surface area contributed by atoms with E-state index >= 15 is 0 Å². The van der Waals surface area contributed by atoms with Gasteiger partial charge in [-0.1, -0.05) is 19.9 Å². The van der Waals surface area contributed by atoms with E-state index in [1.807, 2.05) is 11.3 Å². The highest BCUT2D eigenvalue weighted by Gasteiger charge is 2.22. The fourth-order valence-corrected chi connectivity index (χ4v) is 2.64. The SMILES string of the molecule is CC(c1cccs1)C(C)C(CN)CN. The molecule has 0 radical (unpaired) electrons. The van der Waals surface area contributed by atoms with Gasteiger partial charge in [0, 0.05) is 4.88 Å². The van der Waals surface area contributed by atoms with Crippen LogP contribution >= 0.6 is 11.3 Å². The molecule has 0 bridgehead atoms. The van der Waals surface area contributed by atoms with E-state index in [-0.39, 0.29) is 0 Å². The number of rotatable bonds is 5. The number of hydrogen-bond acceptors (Lipinski definition) is 3. The fraction of sp³-hybridized carbons (Fsp3) is 0.636. The van der Waals surface area contributed by atoms with Crippen LogP contribution in [-0.2, 0) is 0 Å². The van der Waals surface area contributed by atoms with Gasteiger partial charge >= 0.3 is 0 Å². The molecule has 14 heavy (non-hydrogen) atoms. The highest BCUT2D eigenvalue weighted by Crippen LogP contribution is 2.31. The van der Waals surface area contributed by atoms with Crippen LogP contribution in [0.5, 0.6) is 0 Å². The van der Waals surface area contributed by atoms with Crippen molar-refractivity contribution in [3.63, 3.8) is 0 Å². The number of thiophene rings is 1. The molecule has 1 heterocycles. The van der Waals surface area contributed by atoms with Crippen LogP contribution in [0.4, 0.5) is 0 Å². The molecule has 3 heteroatoms. The maximum absolute atomic E-state index is 5.70. The van der Waals surface area contributed by atoms with Gasteiger partial charge in [-0.15, -0.1) is 11.3 Å². The Bertz CT molecular complexity index is 242. The summed E-state index contributed by atoms with van der Waals surface area (Å²) in [6.45, 7) is 5.88. The molecule has 0 amide bonds. The molecule has 0 spiro atoms. The fourth-order valence-electron chi connectivity index (χ4n) is 1.74. The van der Waals surface area contributed by atoms with Crippen LogP contribution in [0, 0.1) is 11.8 Å². The normalized spacial score (nSPS) is 15.8. The zero-order chi connectivity index (χ0) is 10.6. The van der Waals surface area contributed by atoms with Gasteiger partial charge < -0.3 is 11.5 Å². The summed E-state index contributed by atoms with van der Waals surface area (Å²) in [4.78, 5) is 1.43. The molecule has 1 aromatic rings. The minimum Gasteiger partial charge on any atom is -0.330 e. The van der Waals surface area contributed by atoms with Gasteiger partial charge in [-0.25, -0.2) is 0 Å². The second-order valence-corrected chi connectivity index (χ2v) is 4.87. The van der Waals surface area contributed by atoms with Gasteiger partial charge in [0.25, 0.3) is 0 Å². The monoisotopic (exact) mass is 212 g/mol. The van der Waals surface area contributed by atoms with Crippen molar-refractivity contribution in [3.05, 3.63) is 22.4 Å². The van der Waals surface area contributed by atoms with Crippen molar-refractivity contribution in [1.82, 2.24) is 0 Å². The first kappa shape index (κ1) is 11.7. The smallest absolute Gasteiger partial charge is 0.00762 e. The van der Waals surface area contributed by atoms with E-state index in [1.54, 1.807) is 0 Å². The molecule has 0 aromatic carbocycles. The highest BCUT2D eigenvalue weighted by molar-refractivity contribution is 7.10. The third-order valence-electron chi connectivity index (χ3n) is 3.13. The first-order chi connectivity index (χ1) is 6.70. The van der Waals surface area contributed by atoms with Gasteiger partial charge in [0.15, 0.2) is 0 Å². The molecule has 0 aliphatic carbocycles. The van der Waals surface area contributed by atoms with E-state index in [2.05, 4.69) is 31.4 Å². The molecule has 2 atom stereocenters. The zero-order valence-corrected chi connectivity index (χ0v) is 9.76. The average molecular weight is 212 g/mol. The van der Waals surface area contributed by atoms with Crippen LogP contribution in [0.15, 0.2) is 17.5 Å². The summed E-state index contributed by atoms with van der Waals surface area (Å²) in [6, 6.07) is 4.29. The first-order valence-electron chi connectivity index (χ1n) is 5.14. The van der Waals surface area contributed by atoms with Gasteiger partial charge in [0.2, 0.25) is 0 Å². The Kier molecular flexibility index (Phi) is 4.58. The molecule has 80 valence electrons. The van der Waals surface area contributed by atoms with Crippen molar-refractivity contribution in [3.8, 4) is 0 Å². The van der Waals surface area contributed by atoms with Crippen molar-refractivity contribution in [2.75, 3.05) is 13.1 Å². The van der Waals surface area contributed by atoms with Crippen LogP contribution in [0.3, 0.4) is 0 Å². The lowest BCUT2D eigenvalue weighted by Crippen LogP contribution is -2.31. The van der Waals surface area contributed by atoms with Crippen molar-refractivity contribution >= 4 is 11.3 Å². The summed E-state index contributed by atoms with van der Waals surface area (Å²) in [7, 11) is 0. The molecule has 0 saturated heterocycles. The molecule has 1 rings (SSSR count). The van der Waals surface area contributed by atoms with Crippen LogP contribution in [0.2, 0.25) is 0 Å². The van der Waals surface area contributed by atoms with Crippen molar-refractivity contribution < 1.29 is 0 Å². The van der Waals surface area contributed by atoms with Crippen LogP contribution < -0.4 is 11.5 Å². The van der Waals surface area contributed by atoms with E-state index < -0.39 is 0 Å². The molecule has 0 aliphatic rings. The summed E-state index contributed by atoms with van der Waals surface area (Å²) in [5.74, 6) is 1.56. The molecule has 0 saturated carbocycles. The van der Waals surface area contributed by atoms with Gasteiger partial charge in [0.05, 0.1) is 0 Å². The van der Waals surface area contributed by atoms with E-state index in [9.17, 15) is 0 Å². The number of nitrogens with two attached hydrogens (primary N) is 2. The van der Waals surface area contributed by atoms with Crippen molar-refractivity contribution in [2.45, 2.75) is 19.8 Å². The lowest BCUT2D eigenvalue weighted by atomic mass is 9.83. The van der Waals surface area contributed by atoms with Gasteiger partial charge in [-0.05, 0) is 42.3 Å². The summed E-state index contributed by atoms with van der Waals surface area (Å²) < 4.78 is 0. The largest absolute Gasteiger partial charge is 0.330 e. The quantitative estimate of drug-likeness (QED) is 0.784. The molecular formula is C11H20N2S. The van der Waals surface area contributed by atoms with Gasteiger partial charge in [-0.3, -0.25) is 0 Å². The summed E-state index contributed by atoms with van der Waals surface area (Å²) in [5.41, 5.74) is 11.4. The molecule has 2 nitrogen and oxygen atoms in total. The summed E-state index contributed by atoms with van der Waals surface area (Å²) >= 11 is 1.82. The predicted molar refractivity (Wildman–Crippen MR) is 63.5 cm³/mol. The lowest BCUT2D eigenvalue weighted by Gasteiger charge is -2.26. The third-order valence-corrected chi connectivity index (χ3v) is 4.20.